The molecule has 2 unspecified atom stereocenters. The lowest BCUT2D eigenvalue weighted by Gasteiger charge is -2.20. The first-order valence-electron chi connectivity index (χ1n) is 7.19. The van der Waals surface area contributed by atoms with Crippen LogP contribution in [0.25, 0.3) is 0 Å². The fourth-order valence-corrected chi connectivity index (χ4v) is 2.83. The molecule has 0 spiro atoms. The zero-order chi connectivity index (χ0) is 15.0. The molecule has 1 aliphatic carbocycles. The van der Waals surface area contributed by atoms with E-state index in [4.69, 9.17) is 5.11 Å². The number of nitrogens with zero attached hydrogens (tertiary/aromatic N) is 1. The van der Waals surface area contributed by atoms with E-state index >= 15 is 0 Å². The zero-order valence-corrected chi connectivity index (χ0v) is 12.3. The van der Waals surface area contributed by atoms with E-state index in [2.05, 4.69) is 36.1 Å². The molecule has 21 heavy (non-hydrogen) atoms. The van der Waals surface area contributed by atoms with Gasteiger partial charge in [0.1, 0.15) is 0 Å². The maximum Gasteiger partial charge on any atom is 0.335 e. The molecule has 0 heterocycles. The van der Waals surface area contributed by atoms with Crippen LogP contribution in [0, 0.1) is 6.92 Å². The fourth-order valence-electron chi connectivity index (χ4n) is 2.83. The lowest BCUT2D eigenvalue weighted by Crippen LogP contribution is -2.21. The molecular weight excluding hydrogens is 262 g/mol. The monoisotopic (exact) mass is 281 g/mol. The van der Waals surface area contributed by atoms with Gasteiger partial charge in [0.25, 0.3) is 0 Å². The van der Waals surface area contributed by atoms with Gasteiger partial charge in [-0.3, -0.25) is 0 Å². The molecule has 3 rings (SSSR count). The number of carboxylic acid groups (broad SMARTS) is 1. The first kappa shape index (κ1) is 13.7. The molecule has 1 fully saturated rings. The number of aryl methyl sites for hydroxylation is 1. The van der Waals surface area contributed by atoms with Gasteiger partial charge in [0, 0.05) is 24.7 Å². The van der Waals surface area contributed by atoms with Crippen molar-refractivity contribution in [2.45, 2.75) is 25.3 Å². The van der Waals surface area contributed by atoms with Crippen molar-refractivity contribution < 1.29 is 9.90 Å². The van der Waals surface area contributed by atoms with Gasteiger partial charge in [-0.15, -0.1) is 0 Å². The summed E-state index contributed by atoms with van der Waals surface area (Å²) < 4.78 is 0. The molecule has 0 amide bonds. The van der Waals surface area contributed by atoms with Crippen LogP contribution in [0.2, 0.25) is 0 Å². The average molecular weight is 281 g/mol. The van der Waals surface area contributed by atoms with E-state index in [1.165, 1.54) is 11.1 Å². The Morgan fingerprint density at radius 2 is 1.90 bits per heavy atom. The van der Waals surface area contributed by atoms with Crippen LogP contribution in [-0.2, 0) is 0 Å². The molecule has 2 atom stereocenters. The second kappa shape index (κ2) is 5.24. The lowest BCUT2D eigenvalue weighted by molar-refractivity contribution is 0.0697. The Morgan fingerprint density at radius 3 is 2.57 bits per heavy atom. The molecule has 0 radical (unpaired) electrons. The highest BCUT2D eigenvalue weighted by molar-refractivity contribution is 5.88. The van der Waals surface area contributed by atoms with Gasteiger partial charge >= 0.3 is 5.97 Å². The molecule has 1 N–H and O–H groups in total. The summed E-state index contributed by atoms with van der Waals surface area (Å²) in [5.41, 5.74) is 3.95. The molecule has 3 nitrogen and oxygen atoms in total. The molecule has 0 bridgehead atoms. The third-order valence-corrected chi connectivity index (χ3v) is 4.26. The molecule has 3 heteroatoms. The summed E-state index contributed by atoms with van der Waals surface area (Å²) >= 11 is 0. The average Bonchev–Trinajstić information content (AvgIpc) is 3.28. The summed E-state index contributed by atoms with van der Waals surface area (Å²) in [6.45, 7) is 2.09. The van der Waals surface area contributed by atoms with E-state index in [9.17, 15) is 4.79 Å². The van der Waals surface area contributed by atoms with Crippen LogP contribution in [0.1, 0.15) is 33.8 Å². The third kappa shape index (κ3) is 2.77. The Labute approximate surface area is 124 Å². The summed E-state index contributed by atoms with van der Waals surface area (Å²) in [5, 5.41) is 9.08. The summed E-state index contributed by atoms with van der Waals surface area (Å²) in [7, 11) is 2.04. The topological polar surface area (TPSA) is 40.5 Å². The number of anilines is 1. The number of carbonyl (C=O) groups is 1. The normalized spacial score (nSPS) is 20.1. The molecule has 0 aromatic heterocycles. The minimum atomic E-state index is -0.879. The van der Waals surface area contributed by atoms with Crippen molar-refractivity contribution in [2.24, 2.45) is 0 Å². The highest BCUT2D eigenvalue weighted by atomic mass is 16.4. The smallest absolute Gasteiger partial charge is 0.335 e. The predicted molar refractivity (Wildman–Crippen MR) is 84.1 cm³/mol. The number of rotatable bonds is 4. The van der Waals surface area contributed by atoms with Crippen LogP contribution in [0.15, 0.2) is 48.5 Å². The Kier molecular flexibility index (Phi) is 3.42. The minimum Gasteiger partial charge on any atom is -0.478 e. The van der Waals surface area contributed by atoms with E-state index < -0.39 is 5.97 Å². The Bertz CT molecular complexity index is 663. The van der Waals surface area contributed by atoms with Crippen LogP contribution in [0.5, 0.6) is 0 Å². The standard InChI is InChI=1S/C18H19NO2/c1-12-6-8-13(9-7-12)16-11-17(16)19(2)15-5-3-4-14(10-15)18(20)21/h3-10,16-17H,11H2,1-2H3,(H,20,21). The highest BCUT2D eigenvalue weighted by Gasteiger charge is 2.41. The lowest BCUT2D eigenvalue weighted by atomic mass is 10.1. The Hall–Kier alpha value is -2.29. The van der Waals surface area contributed by atoms with Gasteiger partial charge in [0.15, 0.2) is 0 Å². The van der Waals surface area contributed by atoms with Gasteiger partial charge in [-0.1, -0.05) is 35.9 Å². The summed E-state index contributed by atoms with van der Waals surface area (Å²) in [6.07, 6.45) is 1.12. The number of hydrogen-bond acceptors (Lipinski definition) is 2. The minimum absolute atomic E-state index is 0.340. The first-order valence-corrected chi connectivity index (χ1v) is 7.19. The van der Waals surface area contributed by atoms with Crippen molar-refractivity contribution in [1.29, 1.82) is 0 Å². The molecule has 108 valence electrons. The Morgan fingerprint density at radius 1 is 1.19 bits per heavy atom. The van der Waals surface area contributed by atoms with Crippen molar-refractivity contribution in [3.05, 3.63) is 65.2 Å². The number of benzene rings is 2. The van der Waals surface area contributed by atoms with Gasteiger partial charge < -0.3 is 10.0 Å². The molecule has 0 saturated heterocycles. The molecule has 1 aliphatic rings. The van der Waals surface area contributed by atoms with E-state index in [-0.39, 0.29) is 0 Å². The van der Waals surface area contributed by atoms with E-state index in [0.717, 1.165) is 12.1 Å². The second-order valence-electron chi connectivity index (χ2n) is 5.79. The Balaban J connectivity index is 1.75. The van der Waals surface area contributed by atoms with Gasteiger partial charge in [0.2, 0.25) is 0 Å². The molecule has 2 aromatic carbocycles. The molecule has 0 aliphatic heterocycles. The summed E-state index contributed by atoms with van der Waals surface area (Å²) in [5.74, 6) is -0.333. The van der Waals surface area contributed by atoms with E-state index in [1.807, 2.05) is 13.1 Å². The predicted octanol–water partition coefficient (Wildman–Crippen LogP) is 3.69. The van der Waals surface area contributed by atoms with Crippen LogP contribution in [0.4, 0.5) is 5.69 Å². The quantitative estimate of drug-likeness (QED) is 0.929. The van der Waals surface area contributed by atoms with Crippen molar-refractivity contribution in [3.8, 4) is 0 Å². The molecule has 1 saturated carbocycles. The maximum absolute atomic E-state index is 11.1. The van der Waals surface area contributed by atoms with Crippen molar-refractivity contribution in [3.63, 3.8) is 0 Å². The van der Waals surface area contributed by atoms with Crippen LogP contribution < -0.4 is 4.90 Å². The number of carboxylic acids is 1. The number of likely N-dealkylation sites (N-methyl/N-ethyl adjacent to an activating group) is 1. The van der Waals surface area contributed by atoms with Crippen molar-refractivity contribution >= 4 is 11.7 Å². The largest absolute Gasteiger partial charge is 0.478 e. The fraction of sp³-hybridized carbons (Fsp3) is 0.278. The first-order chi connectivity index (χ1) is 10.1. The van der Waals surface area contributed by atoms with Crippen molar-refractivity contribution in [2.75, 3.05) is 11.9 Å². The van der Waals surface area contributed by atoms with Crippen molar-refractivity contribution in [1.82, 2.24) is 0 Å². The van der Waals surface area contributed by atoms with Crippen LogP contribution >= 0.6 is 0 Å². The van der Waals surface area contributed by atoms with Crippen LogP contribution in [-0.4, -0.2) is 24.2 Å². The van der Waals surface area contributed by atoms with Gasteiger partial charge in [0.05, 0.1) is 5.56 Å². The SMILES string of the molecule is Cc1ccc(C2CC2N(C)c2cccc(C(=O)O)c2)cc1. The molecule has 2 aromatic rings. The van der Waals surface area contributed by atoms with Gasteiger partial charge in [-0.25, -0.2) is 4.79 Å². The summed E-state index contributed by atoms with van der Waals surface area (Å²) in [4.78, 5) is 13.3. The van der Waals surface area contributed by atoms with E-state index in [0.29, 0.717) is 17.5 Å². The van der Waals surface area contributed by atoms with Crippen LogP contribution in [0.3, 0.4) is 0 Å². The third-order valence-electron chi connectivity index (χ3n) is 4.26. The van der Waals surface area contributed by atoms with Gasteiger partial charge in [-0.2, -0.15) is 0 Å². The summed E-state index contributed by atoms with van der Waals surface area (Å²) in [6, 6.07) is 16.3. The maximum atomic E-state index is 11.1. The van der Waals surface area contributed by atoms with Gasteiger partial charge in [-0.05, 0) is 37.1 Å². The zero-order valence-electron chi connectivity index (χ0n) is 12.3. The highest BCUT2D eigenvalue weighted by Crippen LogP contribution is 2.45. The number of aromatic carboxylic acids is 1. The number of hydrogen-bond donors (Lipinski definition) is 1. The molecular formula is C18H19NO2. The second-order valence-corrected chi connectivity index (χ2v) is 5.79. The van der Waals surface area contributed by atoms with E-state index in [1.54, 1.807) is 18.2 Å².